The van der Waals surface area contributed by atoms with Gasteiger partial charge in [0.2, 0.25) is 6.79 Å². The molecule has 8 heteroatoms. The molecule has 3 N–H and O–H groups in total. The molecule has 34 heavy (non-hydrogen) atoms. The molecule has 0 bridgehead atoms. The van der Waals surface area contributed by atoms with Crippen molar-refractivity contribution in [3.05, 3.63) is 77.4 Å². The van der Waals surface area contributed by atoms with E-state index in [4.69, 9.17) is 25.2 Å². The second kappa shape index (κ2) is 7.48. The largest absolute Gasteiger partial charge is 0.454 e. The monoisotopic (exact) mass is 451 g/mol. The summed E-state index contributed by atoms with van der Waals surface area (Å²) >= 11 is 0. The molecule has 0 unspecified atom stereocenters. The Morgan fingerprint density at radius 3 is 2.50 bits per heavy atom. The summed E-state index contributed by atoms with van der Waals surface area (Å²) in [6, 6.07) is 18.8. The molecule has 0 saturated carbocycles. The molecule has 1 aliphatic rings. The number of aryl methyl sites for hydroxylation is 2. The molecule has 6 rings (SSSR count). The molecule has 0 aliphatic carbocycles. The fraction of sp³-hybridized carbons (Fsp3) is 0.115. The predicted molar refractivity (Wildman–Crippen MR) is 131 cm³/mol. The van der Waals surface area contributed by atoms with Gasteiger partial charge in [0.1, 0.15) is 16.9 Å². The Morgan fingerprint density at radius 2 is 1.71 bits per heavy atom. The van der Waals surface area contributed by atoms with Crippen LogP contribution in [0.3, 0.4) is 0 Å². The Morgan fingerprint density at radius 1 is 0.941 bits per heavy atom. The molecular formula is C26H21N5O3. The number of aromatic nitrogens is 3. The second-order valence-electron chi connectivity index (χ2n) is 8.27. The van der Waals surface area contributed by atoms with Crippen LogP contribution in [0.5, 0.6) is 11.5 Å². The van der Waals surface area contributed by atoms with Crippen molar-refractivity contribution in [1.82, 2.24) is 14.5 Å². The lowest BCUT2D eigenvalue weighted by molar-refractivity contribution is 0.102. The van der Waals surface area contributed by atoms with Crippen molar-refractivity contribution in [2.45, 2.75) is 13.8 Å². The van der Waals surface area contributed by atoms with Crippen LogP contribution in [0, 0.1) is 13.8 Å². The third-order valence-corrected chi connectivity index (χ3v) is 6.10. The van der Waals surface area contributed by atoms with Gasteiger partial charge in [0.15, 0.2) is 17.1 Å². The van der Waals surface area contributed by atoms with E-state index >= 15 is 0 Å². The Bertz CT molecular complexity index is 1620. The number of anilines is 2. The highest BCUT2D eigenvalue weighted by molar-refractivity contribution is 6.16. The number of nitrogens with one attached hydrogen (secondary N) is 1. The number of fused-ring (bicyclic) bond motifs is 3. The number of carbonyl (C=O) groups excluding carboxylic acids is 1. The van der Waals surface area contributed by atoms with Gasteiger partial charge < -0.3 is 20.5 Å². The lowest BCUT2D eigenvalue weighted by Gasteiger charge is -2.10. The molecule has 1 aliphatic heterocycles. The molecule has 1 amide bonds. The average Bonchev–Trinajstić information content (AvgIpc) is 3.40. The first-order valence-electron chi connectivity index (χ1n) is 10.8. The number of carbonyl (C=O) groups is 1. The van der Waals surface area contributed by atoms with Crippen LogP contribution in [0.15, 0.2) is 60.7 Å². The fourth-order valence-corrected chi connectivity index (χ4v) is 4.18. The van der Waals surface area contributed by atoms with E-state index in [-0.39, 0.29) is 24.1 Å². The van der Waals surface area contributed by atoms with Crippen molar-refractivity contribution >= 4 is 39.6 Å². The van der Waals surface area contributed by atoms with Crippen molar-refractivity contribution in [2.75, 3.05) is 17.8 Å². The van der Waals surface area contributed by atoms with Gasteiger partial charge >= 0.3 is 0 Å². The average molecular weight is 451 g/mol. The summed E-state index contributed by atoms with van der Waals surface area (Å²) in [6.45, 7) is 4.24. The predicted octanol–water partition coefficient (Wildman–Crippen LogP) is 4.75. The minimum absolute atomic E-state index is 0.159. The number of para-hydroxylation sites is 2. The van der Waals surface area contributed by atoms with Crippen LogP contribution in [0.2, 0.25) is 0 Å². The lowest BCUT2D eigenvalue weighted by atomic mass is 10.1. The highest BCUT2D eigenvalue weighted by Crippen LogP contribution is 2.36. The summed E-state index contributed by atoms with van der Waals surface area (Å²) in [6.07, 6.45) is 0. The van der Waals surface area contributed by atoms with Crippen LogP contribution in [-0.2, 0) is 0 Å². The first-order chi connectivity index (χ1) is 16.5. The van der Waals surface area contributed by atoms with Gasteiger partial charge in [0.25, 0.3) is 5.91 Å². The van der Waals surface area contributed by atoms with E-state index in [1.54, 1.807) is 22.8 Å². The minimum atomic E-state index is -0.381. The van der Waals surface area contributed by atoms with Crippen molar-refractivity contribution < 1.29 is 14.3 Å². The third-order valence-electron chi connectivity index (χ3n) is 6.10. The van der Waals surface area contributed by atoms with Gasteiger partial charge in [-0.25, -0.2) is 9.97 Å². The molecule has 3 heterocycles. The molecule has 168 valence electrons. The SMILES string of the molecule is Cc1ccc(-n2c(N)c(C(=O)Nc3ccc4c(c3)OCO4)c3nc4ccccc4nc32)cc1C. The zero-order chi connectivity index (χ0) is 23.4. The number of ether oxygens (including phenoxy) is 2. The molecule has 0 radical (unpaired) electrons. The van der Waals surface area contributed by atoms with Crippen LogP contribution in [-0.4, -0.2) is 27.2 Å². The van der Waals surface area contributed by atoms with E-state index in [2.05, 4.69) is 5.32 Å². The smallest absolute Gasteiger partial charge is 0.261 e. The Labute approximate surface area is 194 Å². The summed E-state index contributed by atoms with van der Waals surface area (Å²) < 4.78 is 12.6. The summed E-state index contributed by atoms with van der Waals surface area (Å²) in [4.78, 5) is 23.1. The van der Waals surface area contributed by atoms with Gasteiger partial charge in [0.05, 0.1) is 11.0 Å². The number of nitrogens with zero attached hydrogens (tertiary/aromatic N) is 3. The number of amides is 1. The van der Waals surface area contributed by atoms with E-state index in [9.17, 15) is 4.79 Å². The number of hydrogen-bond acceptors (Lipinski definition) is 6. The van der Waals surface area contributed by atoms with Crippen molar-refractivity contribution in [1.29, 1.82) is 0 Å². The standard InChI is InChI=1S/C26H21N5O3/c1-14-7-9-17(11-15(14)2)31-24(27)22(23-25(31)30-19-6-4-3-5-18(19)29-23)26(32)28-16-8-10-20-21(12-16)34-13-33-20/h3-12H,13,27H2,1-2H3,(H,28,32). The maximum absolute atomic E-state index is 13.5. The summed E-state index contributed by atoms with van der Waals surface area (Å²) in [5.41, 5.74) is 12.9. The Kier molecular flexibility index (Phi) is 4.41. The summed E-state index contributed by atoms with van der Waals surface area (Å²) in [5, 5.41) is 2.92. The lowest BCUT2D eigenvalue weighted by Crippen LogP contribution is -2.14. The van der Waals surface area contributed by atoms with Crippen LogP contribution in [0.4, 0.5) is 11.5 Å². The van der Waals surface area contributed by atoms with E-state index in [0.29, 0.717) is 33.9 Å². The number of nitrogens with two attached hydrogens (primary N) is 1. The third kappa shape index (κ3) is 3.11. The molecule has 8 nitrogen and oxygen atoms in total. The first kappa shape index (κ1) is 20.0. The highest BCUT2D eigenvalue weighted by Gasteiger charge is 2.25. The van der Waals surface area contributed by atoms with Crippen LogP contribution >= 0.6 is 0 Å². The number of rotatable bonds is 3. The van der Waals surface area contributed by atoms with E-state index in [1.807, 2.05) is 56.3 Å². The van der Waals surface area contributed by atoms with Crippen LogP contribution < -0.4 is 20.5 Å². The Hall–Kier alpha value is -4.59. The zero-order valence-electron chi connectivity index (χ0n) is 18.6. The number of hydrogen-bond donors (Lipinski definition) is 2. The first-order valence-corrected chi connectivity index (χ1v) is 10.8. The second-order valence-corrected chi connectivity index (χ2v) is 8.27. The summed E-state index contributed by atoms with van der Waals surface area (Å²) in [7, 11) is 0. The quantitative estimate of drug-likeness (QED) is 0.410. The van der Waals surface area contributed by atoms with E-state index in [1.165, 1.54) is 0 Å². The van der Waals surface area contributed by atoms with Gasteiger partial charge in [-0.05, 0) is 61.4 Å². The molecule has 0 fully saturated rings. The molecule has 0 spiro atoms. The highest BCUT2D eigenvalue weighted by atomic mass is 16.7. The Balaban J connectivity index is 1.54. The van der Waals surface area contributed by atoms with Crippen molar-refractivity contribution in [3.63, 3.8) is 0 Å². The van der Waals surface area contributed by atoms with Gasteiger partial charge in [-0.2, -0.15) is 0 Å². The molecule has 2 aromatic heterocycles. The molecule has 3 aromatic carbocycles. The number of benzene rings is 3. The van der Waals surface area contributed by atoms with E-state index in [0.717, 1.165) is 22.3 Å². The van der Waals surface area contributed by atoms with Crippen LogP contribution in [0.1, 0.15) is 21.5 Å². The van der Waals surface area contributed by atoms with Crippen LogP contribution in [0.25, 0.3) is 27.9 Å². The van der Waals surface area contributed by atoms with Gasteiger partial charge in [0, 0.05) is 17.4 Å². The van der Waals surface area contributed by atoms with E-state index < -0.39 is 0 Å². The van der Waals surface area contributed by atoms with Gasteiger partial charge in [-0.15, -0.1) is 0 Å². The molecule has 5 aromatic rings. The summed E-state index contributed by atoms with van der Waals surface area (Å²) in [5.74, 6) is 1.11. The molecular weight excluding hydrogens is 430 g/mol. The fourth-order valence-electron chi connectivity index (χ4n) is 4.18. The van der Waals surface area contributed by atoms with Crippen molar-refractivity contribution in [3.8, 4) is 17.2 Å². The maximum atomic E-state index is 13.5. The normalized spacial score (nSPS) is 12.4. The molecule has 0 saturated heterocycles. The molecule has 0 atom stereocenters. The number of nitrogen functional groups attached to an aromatic ring is 1. The topological polar surface area (TPSA) is 104 Å². The van der Waals surface area contributed by atoms with Crippen molar-refractivity contribution in [2.24, 2.45) is 0 Å². The zero-order valence-corrected chi connectivity index (χ0v) is 18.6. The minimum Gasteiger partial charge on any atom is -0.454 e. The maximum Gasteiger partial charge on any atom is 0.261 e. The van der Waals surface area contributed by atoms with Gasteiger partial charge in [-0.3, -0.25) is 9.36 Å². The van der Waals surface area contributed by atoms with Gasteiger partial charge in [-0.1, -0.05) is 18.2 Å².